The molecule has 0 saturated carbocycles. The van der Waals surface area contributed by atoms with Crippen LogP contribution in [0.15, 0.2) is 41.7 Å². The van der Waals surface area contributed by atoms with Crippen LogP contribution in [0.3, 0.4) is 0 Å². The Balaban J connectivity index is 1.67. The van der Waals surface area contributed by atoms with Crippen molar-refractivity contribution in [2.24, 2.45) is 5.16 Å². The predicted octanol–water partition coefficient (Wildman–Crippen LogP) is 4.23. The number of rotatable bonds is 6. The van der Waals surface area contributed by atoms with Gasteiger partial charge in [-0.2, -0.15) is 18.3 Å². The smallest absolute Gasteiger partial charge is 0.418 e. The zero-order chi connectivity index (χ0) is 24.5. The van der Waals surface area contributed by atoms with E-state index in [2.05, 4.69) is 25.1 Å². The number of fused-ring (bicyclic) bond motifs is 1. The first-order valence-electron chi connectivity index (χ1n) is 9.64. The van der Waals surface area contributed by atoms with Gasteiger partial charge in [0.1, 0.15) is 12.9 Å². The van der Waals surface area contributed by atoms with E-state index in [4.69, 9.17) is 4.74 Å². The van der Waals surface area contributed by atoms with E-state index in [1.165, 1.54) is 42.1 Å². The first kappa shape index (κ1) is 23.2. The lowest BCUT2D eigenvalue weighted by molar-refractivity contribution is -0.137. The van der Waals surface area contributed by atoms with Crippen molar-refractivity contribution in [1.29, 1.82) is 0 Å². The molecule has 0 spiro atoms. The van der Waals surface area contributed by atoms with Crippen LogP contribution >= 0.6 is 11.3 Å². The Bertz CT molecular complexity index is 1400. The number of benzene rings is 1. The van der Waals surface area contributed by atoms with E-state index in [0.29, 0.717) is 26.9 Å². The summed E-state index contributed by atoms with van der Waals surface area (Å²) in [6.07, 6.45) is -2.62. The van der Waals surface area contributed by atoms with E-state index in [1.54, 1.807) is 6.92 Å². The normalized spacial score (nSPS) is 11.9. The highest BCUT2D eigenvalue weighted by atomic mass is 32.1. The molecule has 0 radical (unpaired) electrons. The molecule has 0 saturated heterocycles. The molecule has 3 aromatic heterocycles. The fourth-order valence-corrected chi connectivity index (χ4v) is 4.23. The molecule has 0 bridgehead atoms. The van der Waals surface area contributed by atoms with Crippen molar-refractivity contribution in [3.05, 3.63) is 53.5 Å². The van der Waals surface area contributed by atoms with Crippen LogP contribution < -0.4 is 0 Å². The third-order valence-electron chi connectivity index (χ3n) is 4.76. The quantitative estimate of drug-likeness (QED) is 0.186. The van der Waals surface area contributed by atoms with Crippen molar-refractivity contribution in [2.75, 3.05) is 7.11 Å². The Morgan fingerprint density at radius 2 is 2.12 bits per heavy atom. The number of carbonyl (C=O) groups excluding carboxylic acids is 1. The monoisotopic (exact) mass is 491 g/mol. The first-order chi connectivity index (χ1) is 16.2. The Kier molecular flexibility index (Phi) is 6.20. The molecular formula is C21H16F3N5O4S. The largest absolute Gasteiger partial charge is 0.507 e. The molecular weight excluding hydrogens is 475 g/mol. The van der Waals surface area contributed by atoms with Crippen LogP contribution in [0.5, 0.6) is 5.75 Å². The molecule has 1 aromatic carbocycles. The van der Waals surface area contributed by atoms with E-state index in [-0.39, 0.29) is 23.4 Å². The number of oxime groups is 1. The van der Waals surface area contributed by atoms with Crippen LogP contribution in [-0.4, -0.2) is 44.2 Å². The molecule has 176 valence electrons. The molecule has 0 aliphatic heterocycles. The number of alkyl halides is 3. The molecule has 0 aliphatic carbocycles. The molecule has 34 heavy (non-hydrogen) atoms. The molecule has 4 rings (SSSR count). The van der Waals surface area contributed by atoms with Crippen LogP contribution in [0.1, 0.15) is 17.0 Å². The highest BCUT2D eigenvalue weighted by molar-refractivity contribution is 7.19. The van der Waals surface area contributed by atoms with E-state index in [1.807, 2.05) is 0 Å². The third kappa shape index (κ3) is 4.55. The molecule has 9 nitrogen and oxygen atoms in total. The van der Waals surface area contributed by atoms with Crippen molar-refractivity contribution < 1.29 is 32.6 Å². The maximum absolute atomic E-state index is 13.3. The number of esters is 1. The molecule has 13 heteroatoms. The van der Waals surface area contributed by atoms with Gasteiger partial charge in [-0.05, 0) is 31.2 Å². The summed E-state index contributed by atoms with van der Waals surface area (Å²) in [6.45, 7) is 1.71. The fourth-order valence-electron chi connectivity index (χ4n) is 3.23. The van der Waals surface area contributed by atoms with Crippen molar-refractivity contribution in [1.82, 2.24) is 19.6 Å². The van der Waals surface area contributed by atoms with Crippen LogP contribution in [0.4, 0.5) is 13.2 Å². The number of hydrogen-bond donors (Lipinski definition) is 1. The highest BCUT2D eigenvalue weighted by Crippen LogP contribution is 2.39. The van der Waals surface area contributed by atoms with E-state index < -0.39 is 17.7 Å². The molecule has 0 amide bonds. The Hall–Kier alpha value is -4.00. The average Bonchev–Trinajstić information content (AvgIpc) is 3.31. The molecule has 3 heterocycles. The standard InChI is InChI=1S/C21H16F3N5O4S/c1-11-15(9-17(31)33-10-26-32-2)29-20(27-11)34-19(28-29)13-6-5-12(8-16(13)30)18-14(21(22,23)24)4-3-7-25-18/h3-8,10,30H,9H2,1-2H3. The number of ether oxygens (including phenoxy) is 1. The Morgan fingerprint density at radius 1 is 1.32 bits per heavy atom. The second kappa shape index (κ2) is 9.09. The third-order valence-corrected chi connectivity index (χ3v) is 5.70. The summed E-state index contributed by atoms with van der Waals surface area (Å²) in [5.41, 5.74) is 0.249. The van der Waals surface area contributed by atoms with Gasteiger partial charge >= 0.3 is 12.1 Å². The second-order valence-corrected chi connectivity index (χ2v) is 7.89. The topological polar surface area (TPSA) is 111 Å². The van der Waals surface area contributed by atoms with Crippen LogP contribution in [0, 0.1) is 6.92 Å². The van der Waals surface area contributed by atoms with E-state index in [0.717, 1.165) is 23.8 Å². The number of aromatic nitrogens is 4. The number of aryl methyl sites for hydroxylation is 1. The van der Waals surface area contributed by atoms with Gasteiger partial charge in [0.25, 0.3) is 0 Å². The van der Waals surface area contributed by atoms with Crippen LogP contribution in [-0.2, 0) is 27.0 Å². The number of aromatic hydroxyl groups is 1. The van der Waals surface area contributed by atoms with Gasteiger partial charge in [0.2, 0.25) is 11.4 Å². The van der Waals surface area contributed by atoms with E-state index in [9.17, 15) is 23.1 Å². The van der Waals surface area contributed by atoms with Gasteiger partial charge in [0.15, 0.2) is 5.01 Å². The Morgan fingerprint density at radius 3 is 2.82 bits per heavy atom. The molecule has 1 N–H and O–H groups in total. The van der Waals surface area contributed by atoms with Crippen molar-refractivity contribution >= 4 is 28.7 Å². The summed E-state index contributed by atoms with van der Waals surface area (Å²) in [5.74, 6) is -0.884. The Labute approximate surface area is 194 Å². The van der Waals surface area contributed by atoms with Gasteiger partial charge in [0, 0.05) is 11.8 Å². The summed E-state index contributed by atoms with van der Waals surface area (Å²) < 4.78 is 46.3. The zero-order valence-corrected chi connectivity index (χ0v) is 18.5. The van der Waals surface area contributed by atoms with Gasteiger partial charge in [-0.25, -0.2) is 9.50 Å². The summed E-state index contributed by atoms with van der Waals surface area (Å²) in [4.78, 5) is 25.1. The summed E-state index contributed by atoms with van der Waals surface area (Å²) in [7, 11) is 1.30. The molecule has 0 atom stereocenters. The minimum Gasteiger partial charge on any atom is -0.507 e. The number of hydrogen-bond acceptors (Lipinski definition) is 9. The molecule has 0 aliphatic rings. The number of halogens is 3. The SMILES string of the molecule is CON=COC(=O)Cc1c(C)nc2sc(-c3ccc(-c4ncccc4C(F)(F)F)cc3O)nn12. The van der Waals surface area contributed by atoms with Crippen molar-refractivity contribution in [3.8, 4) is 27.6 Å². The second-order valence-electron chi connectivity index (χ2n) is 6.93. The number of carbonyl (C=O) groups is 1. The lowest BCUT2D eigenvalue weighted by Crippen LogP contribution is -2.10. The lowest BCUT2D eigenvalue weighted by Gasteiger charge is -2.12. The molecule has 0 fully saturated rings. The number of imidazole rings is 1. The van der Waals surface area contributed by atoms with Crippen molar-refractivity contribution in [3.63, 3.8) is 0 Å². The summed E-state index contributed by atoms with van der Waals surface area (Å²) in [5, 5.41) is 18.7. The minimum absolute atomic E-state index is 0.104. The molecule has 4 aromatic rings. The number of nitrogens with zero attached hydrogens (tertiary/aromatic N) is 5. The summed E-state index contributed by atoms with van der Waals surface area (Å²) >= 11 is 1.14. The maximum atomic E-state index is 13.3. The fraction of sp³-hybridized carbons (Fsp3) is 0.190. The number of phenols is 1. The van der Waals surface area contributed by atoms with Gasteiger partial charge in [-0.15, -0.1) is 0 Å². The van der Waals surface area contributed by atoms with Gasteiger partial charge in [-0.3, -0.25) is 9.78 Å². The predicted molar refractivity (Wildman–Crippen MR) is 116 cm³/mol. The average molecular weight is 491 g/mol. The van der Waals surface area contributed by atoms with Gasteiger partial charge < -0.3 is 14.7 Å². The van der Waals surface area contributed by atoms with Gasteiger partial charge in [-0.1, -0.05) is 22.6 Å². The van der Waals surface area contributed by atoms with Crippen molar-refractivity contribution in [2.45, 2.75) is 19.5 Å². The minimum atomic E-state index is -4.59. The van der Waals surface area contributed by atoms with Gasteiger partial charge in [0.05, 0.1) is 34.6 Å². The van der Waals surface area contributed by atoms with Crippen LogP contribution in [0.2, 0.25) is 0 Å². The summed E-state index contributed by atoms with van der Waals surface area (Å²) in [6, 6.07) is 6.22. The van der Waals surface area contributed by atoms with Crippen LogP contribution in [0.25, 0.3) is 26.8 Å². The number of phenolic OH excluding ortho intramolecular Hbond substituents is 1. The maximum Gasteiger partial charge on any atom is 0.418 e. The zero-order valence-electron chi connectivity index (χ0n) is 17.7. The molecule has 0 unspecified atom stereocenters. The lowest BCUT2D eigenvalue weighted by atomic mass is 10.0. The first-order valence-corrected chi connectivity index (χ1v) is 10.5. The number of pyridine rings is 1. The highest BCUT2D eigenvalue weighted by Gasteiger charge is 2.34. The van der Waals surface area contributed by atoms with E-state index >= 15 is 0 Å².